The second kappa shape index (κ2) is 7.41. The summed E-state index contributed by atoms with van der Waals surface area (Å²) in [6, 6.07) is 0. The summed E-state index contributed by atoms with van der Waals surface area (Å²) >= 11 is 0. The number of guanidine groups is 2. The van der Waals surface area contributed by atoms with Gasteiger partial charge >= 0.3 is 0 Å². The quantitative estimate of drug-likeness (QED) is 0.781. The van der Waals surface area contributed by atoms with E-state index in [4.69, 9.17) is 9.98 Å². The molecule has 0 saturated carbocycles. The highest BCUT2D eigenvalue weighted by atomic mass is 15.4. The lowest BCUT2D eigenvalue weighted by molar-refractivity contribution is 0.302. The van der Waals surface area contributed by atoms with Crippen LogP contribution in [0.25, 0.3) is 0 Å². The summed E-state index contributed by atoms with van der Waals surface area (Å²) in [5.74, 6) is 2.23. The third-order valence-electron chi connectivity index (χ3n) is 4.64. The first-order chi connectivity index (χ1) is 10.8. The molecule has 0 radical (unpaired) electrons. The van der Waals surface area contributed by atoms with Crippen molar-refractivity contribution < 1.29 is 0 Å². The molecule has 0 N–H and O–H groups in total. The zero-order valence-corrected chi connectivity index (χ0v) is 15.8. The Hall–Kier alpha value is -1.46. The van der Waals surface area contributed by atoms with Crippen LogP contribution in [0.2, 0.25) is 0 Å². The van der Waals surface area contributed by atoms with Crippen LogP contribution in [0.3, 0.4) is 0 Å². The van der Waals surface area contributed by atoms with Gasteiger partial charge in [0.05, 0.1) is 0 Å². The average Bonchev–Trinajstić information content (AvgIpc) is 2.46. The number of hydrogen-bond donors (Lipinski definition) is 0. The van der Waals surface area contributed by atoms with Crippen LogP contribution in [-0.2, 0) is 0 Å². The minimum absolute atomic E-state index is 0.0677. The summed E-state index contributed by atoms with van der Waals surface area (Å²) in [5.41, 5.74) is 0.0677. The van der Waals surface area contributed by atoms with Gasteiger partial charge in [0.15, 0.2) is 11.9 Å². The molecule has 2 rings (SSSR count). The number of hydrogen-bond acceptors (Lipinski definition) is 2. The highest BCUT2D eigenvalue weighted by Gasteiger charge is 2.23. The lowest BCUT2D eigenvalue weighted by Crippen LogP contribution is -2.47. The molecule has 2 saturated heterocycles. The molecule has 0 aromatic carbocycles. The molecule has 23 heavy (non-hydrogen) atoms. The van der Waals surface area contributed by atoms with Crippen LogP contribution in [-0.4, -0.2) is 99.0 Å². The van der Waals surface area contributed by atoms with Crippen LogP contribution in [0.5, 0.6) is 0 Å². The van der Waals surface area contributed by atoms with Crippen molar-refractivity contribution in [3.8, 4) is 0 Å². The van der Waals surface area contributed by atoms with Crippen LogP contribution in [0.4, 0.5) is 0 Å². The summed E-state index contributed by atoms with van der Waals surface area (Å²) in [5, 5.41) is 0. The van der Waals surface area contributed by atoms with E-state index >= 15 is 0 Å². The largest absolute Gasteiger partial charge is 0.346 e. The predicted molar refractivity (Wildman–Crippen MR) is 98.1 cm³/mol. The molecule has 2 fully saturated rings. The van der Waals surface area contributed by atoms with Crippen molar-refractivity contribution in [1.29, 1.82) is 0 Å². The number of aliphatic imine (C=N–C) groups is 2. The Labute approximate surface area is 141 Å². The normalized spacial score (nSPS) is 20.3. The van der Waals surface area contributed by atoms with Crippen LogP contribution < -0.4 is 0 Å². The van der Waals surface area contributed by atoms with Gasteiger partial charge in [0.1, 0.15) is 0 Å². The van der Waals surface area contributed by atoms with E-state index in [1.165, 1.54) is 12.8 Å². The molecule has 2 heterocycles. The second-order valence-electron chi connectivity index (χ2n) is 7.79. The Morgan fingerprint density at radius 2 is 1.00 bits per heavy atom. The molecule has 6 heteroatoms. The van der Waals surface area contributed by atoms with E-state index in [1.54, 1.807) is 0 Å². The van der Waals surface area contributed by atoms with Gasteiger partial charge in [-0.05, 0) is 12.8 Å². The Balaban J connectivity index is 1.98. The van der Waals surface area contributed by atoms with Crippen molar-refractivity contribution in [1.82, 2.24) is 19.6 Å². The Bertz CT molecular complexity index is 392. The van der Waals surface area contributed by atoms with E-state index in [1.807, 2.05) is 0 Å². The van der Waals surface area contributed by atoms with Gasteiger partial charge in [-0.3, -0.25) is 9.98 Å². The Morgan fingerprint density at radius 1 is 0.696 bits per heavy atom. The average molecular weight is 323 g/mol. The standard InChI is InChI=1S/C17H34N6/c1-17(2,13-18-15-20(3)9-7-10-21(15)4)14-19-16-22(5)11-8-12-23(16)6/h7-14H2,1-6H3. The predicted octanol–water partition coefficient (Wildman–Crippen LogP) is 1.26. The van der Waals surface area contributed by atoms with Gasteiger partial charge in [0.25, 0.3) is 0 Å². The fraction of sp³-hybridized carbons (Fsp3) is 0.882. The fourth-order valence-electron chi connectivity index (χ4n) is 3.18. The zero-order chi connectivity index (χ0) is 17.0. The second-order valence-corrected chi connectivity index (χ2v) is 7.79. The van der Waals surface area contributed by atoms with Crippen molar-refractivity contribution >= 4 is 11.9 Å². The van der Waals surface area contributed by atoms with E-state index < -0.39 is 0 Å². The molecule has 0 aromatic rings. The monoisotopic (exact) mass is 322 g/mol. The Morgan fingerprint density at radius 3 is 1.30 bits per heavy atom. The minimum Gasteiger partial charge on any atom is -0.346 e. The molecule has 132 valence electrons. The van der Waals surface area contributed by atoms with E-state index in [0.29, 0.717) is 0 Å². The highest BCUT2D eigenvalue weighted by Crippen LogP contribution is 2.18. The highest BCUT2D eigenvalue weighted by molar-refractivity contribution is 5.81. The summed E-state index contributed by atoms with van der Waals surface area (Å²) in [7, 11) is 8.53. The fourth-order valence-corrected chi connectivity index (χ4v) is 3.18. The molecule has 2 aliphatic rings. The lowest BCUT2D eigenvalue weighted by atomic mass is 9.94. The topological polar surface area (TPSA) is 37.7 Å². The van der Waals surface area contributed by atoms with Crippen molar-refractivity contribution in [2.75, 3.05) is 67.5 Å². The van der Waals surface area contributed by atoms with Gasteiger partial charge in [0, 0.05) is 72.9 Å². The van der Waals surface area contributed by atoms with E-state index in [0.717, 1.165) is 51.2 Å². The van der Waals surface area contributed by atoms with E-state index in [2.05, 4.69) is 61.6 Å². The molecule has 2 aliphatic heterocycles. The third-order valence-corrected chi connectivity index (χ3v) is 4.64. The van der Waals surface area contributed by atoms with Crippen molar-refractivity contribution in [2.45, 2.75) is 26.7 Å². The molecule has 0 spiro atoms. The smallest absolute Gasteiger partial charge is 0.196 e. The molecule has 0 atom stereocenters. The van der Waals surface area contributed by atoms with Gasteiger partial charge in [0.2, 0.25) is 0 Å². The molecule has 0 aliphatic carbocycles. The first-order valence-electron chi connectivity index (χ1n) is 8.73. The first-order valence-corrected chi connectivity index (χ1v) is 8.73. The third kappa shape index (κ3) is 4.75. The molecule has 0 unspecified atom stereocenters. The van der Waals surface area contributed by atoms with Gasteiger partial charge in [-0.25, -0.2) is 0 Å². The summed E-state index contributed by atoms with van der Waals surface area (Å²) < 4.78 is 0. The van der Waals surface area contributed by atoms with Crippen molar-refractivity contribution in [3.63, 3.8) is 0 Å². The molecule has 0 bridgehead atoms. The van der Waals surface area contributed by atoms with Crippen molar-refractivity contribution in [3.05, 3.63) is 0 Å². The number of rotatable bonds is 4. The molecule has 6 nitrogen and oxygen atoms in total. The maximum atomic E-state index is 4.89. The Kier molecular flexibility index (Phi) is 5.76. The van der Waals surface area contributed by atoms with Crippen LogP contribution in [0, 0.1) is 5.41 Å². The van der Waals surface area contributed by atoms with Crippen molar-refractivity contribution in [2.24, 2.45) is 15.4 Å². The van der Waals surface area contributed by atoms with E-state index in [9.17, 15) is 0 Å². The van der Waals surface area contributed by atoms with Gasteiger partial charge < -0.3 is 19.6 Å². The molecule has 0 amide bonds. The van der Waals surface area contributed by atoms with Gasteiger partial charge in [-0.15, -0.1) is 0 Å². The molecule has 0 aromatic heterocycles. The van der Waals surface area contributed by atoms with Crippen LogP contribution >= 0.6 is 0 Å². The SMILES string of the molecule is CN1CCCN(C)C1=NCC(C)(C)CN=C1N(C)CCCN1C. The first kappa shape index (κ1) is 17.9. The lowest BCUT2D eigenvalue weighted by Gasteiger charge is -2.36. The molecular formula is C17H34N6. The summed E-state index contributed by atoms with van der Waals surface area (Å²) in [6.07, 6.45) is 2.42. The number of nitrogens with zero attached hydrogens (tertiary/aromatic N) is 6. The minimum atomic E-state index is 0.0677. The summed E-state index contributed by atoms with van der Waals surface area (Å²) in [6.45, 7) is 10.5. The van der Waals surface area contributed by atoms with E-state index in [-0.39, 0.29) is 5.41 Å². The van der Waals surface area contributed by atoms with Crippen LogP contribution in [0.1, 0.15) is 26.7 Å². The maximum absolute atomic E-state index is 4.89. The maximum Gasteiger partial charge on any atom is 0.196 e. The van der Waals surface area contributed by atoms with Crippen LogP contribution in [0.15, 0.2) is 9.98 Å². The van der Waals surface area contributed by atoms with Gasteiger partial charge in [-0.1, -0.05) is 13.8 Å². The summed E-state index contributed by atoms with van der Waals surface area (Å²) in [4.78, 5) is 18.8. The molecular weight excluding hydrogens is 288 g/mol. The zero-order valence-electron chi connectivity index (χ0n) is 15.8. The van der Waals surface area contributed by atoms with Gasteiger partial charge in [-0.2, -0.15) is 0 Å².